The van der Waals surface area contributed by atoms with Gasteiger partial charge in [0.1, 0.15) is 0 Å². The topological polar surface area (TPSA) is 12.0 Å². The van der Waals surface area contributed by atoms with Gasteiger partial charge in [-0.15, -0.1) is 11.8 Å². The molecular weight excluding hydrogens is 250 g/mol. The third-order valence-corrected chi connectivity index (χ3v) is 5.26. The van der Waals surface area contributed by atoms with Crippen LogP contribution in [0.4, 0.5) is 0 Å². The second-order valence-corrected chi connectivity index (χ2v) is 7.26. The van der Waals surface area contributed by atoms with Gasteiger partial charge in [-0.05, 0) is 56.5 Å². The summed E-state index contributed by atoms with van der Waals surface area (Å²) in [5.74, 6) is 0.710. The highest BCUT2D eigenvalue weighted by Crippen LogP contribution is 2.33. The molecule has 0 aliphatic heterocycles. The van der Waals surface area contributed by atoms with Gasteiger partial charge in [-0.1, -0.05) is 38.3 Å². The van der Waals surface area contributed by atoms with E-state index in [4.69, 9.17) is 0 Å². The summed E-state index contributed by atoms with van der Waals surface area (Å²) in [6.45, 7) is 3.40. The summed E-state index contributed by atoms with van der Waals surface area (Å²) in [5, 5.41) is 4.11. The van der Waals surface area contributed by atoms with Crippen LogP contribution in [0.1, 0.15) is 44.6 Å². The van der Waals surface area contributed by atoms with Gasteiger partial charge in [-0.2, -0.15) is 0 Å². The highest BCUT2D eigenvalue weighted by Gasteiger charge is 2.14. The molecule has 0 radical (unpaired) electrons. The average Bonchev–Trinajstić information content (AvgIpc) is 2.42. The summed E-state index contributed by atoms with van der Waals surface area (Å²) in [7, 11) is 2.03. The van der Waals surface area contributed by atoms with Crippen LogP contribution >= 0.6 is 11.8 Å². The fourth-order valence-corrected chi connectivity index (χ4v) is 4.15. The second kappa shape index (κ2) is 7.96. The van der Waals surface area contributed by atoms with Gasteiger partial charge in [-0.3, -0.25) is 0 Å². The van der Waals surface area contributed by atoms with Crippen molar-refractivity contribution < 1.29 is 0 Å². The smallest absolute Gasteiger partial charge is 0.00944 e. The van der Waals surface area contributed by atoms with Crippen molar-refractivity contribution in [1.82, 2.24) is 5.32 Å². The SMILES string of the molecule is CNCC(C)Cc1ccc(SC2CCCCC2)cc1. The van der Waals surface area contributed by atoms with E-state index < -0.39 is 0 Å². The molecule has 106 valence electrons. The number of rotatable bonds is 6. The van der Waals surface area contributed by atoms with E-state index in [1.807, 2.05) is 7.05 Å². The Hall–Kier alpha value is -0.470. The first kappa shape index (κ1) is 14.9. The van der Waals surface area contributed by atoms with Crippen LogP contribution in [0.3, 0.4) is 0 Å². The minimum absolute atomic E-state index is 0.710. The maximum absolute atomic E-state index is 3.25. The van der Waals surface area contributed by atoms with Crippen LogP contribution in [-0.2, 0) is 6.42 Å². The fourth-order valence-electron chi connectivity index (χ4n) is 2.90. The predicted molar refractivity (Wildman–Crippen MR) is 86.0 cm³/mol. The molecule has 1 unspecified atom stereocenters. The number of benzene rings is 1. The molecule has 1 aliphatic carbocycles. The summed E-state index contributed by atoms with van der Waals surface area (Å²) >= 11 is 2.09. The lowest BCUT2D eigenvalue weighted by atomic mass is 10.0. The van der Waals surface area contributed by atoms with Gasteiger partial charge in [0.25, 0.3) is 0 Å². The molecular formula is C17H27NS. The van der Waals surface area contributed by atoms with E-state index in [0.29, 0.717) is 5.92 Å². The van der Waals surface area contributed by atoms with Gasteiger partial charge < -0.3 is 5.32 Å². The third kappa shape index (κ3) is 5.19. The molecule has 1 saturated carbocycles. The van der Waals surface area contributed by atoms with Gasteiger partial charge in [0, 0.05) is 10.1 Å². The average molecular weight is 277 g/mol. The van der Waals surface area contributed by atoms with Crippen molar-refractivity contribution in [3.63, 3.8) is 0 Å². The Morgan fingerprint density at radius 2 is 1.84 bits per heavy atom. The van der Waals surface area contributed by atoms with Crippen LogP contribution in [0.2, 0.25) is 0 Å². The molecule has 0 spiro atoms. The first-order valence-corrected chi connectivity index (χ1v) is 8.56. The molecule has 2 rings (SSSR count). The standard InChI is InChI=1S/C17H27NS/c1-14(13-18-2)12-15-8-10-17(11-9-15)19-16-6-4-3-5-7-16/h8-11,14,16,18H,3-7,12-13H2,1-2H3. The maximum atomic E-state index is 3.25. The first-order chi connectivity index (χ1) is 9.28. The van der Waals surface area contributed by atoms with E-state index >= 15 is 0 Å². The lowest BCUT2D eigenvalue weighted by Crippen LogP contribution is -2.17. The lowest BCUT2D eigenvalue weighted by molar-refractivity contribution is 0.516. The number of hydrogen-bond acceptors (Lipinski definition) is 2. The molecule has 1 fully saturated rings. The van der Waals surface area contributed by atoms with Crippen molar-refractivity contribution in [1.29, 1.82) is 0 Å². The number of thioether (sulfide) groups is 1. The monoisotopic (exact) mass is 277 g/mol. The third-order valence-electron chi connectivity index (χ3n) is 3.92. The zero-order valence-electron chi connectivity index (χ0n) is 12.3. The molecule has 0 heterocycles. The van der Waals surface area contributed by atoms with Crippen LogP contribution in [0.5, 0.6) is 0 Å². The van der Waals surface area contributed by atoms with E-state index in [9.17, 15) is 0 Å². The van der Waals surface area contributed by atoms with E-state index in [0.717, 1.165) is 11.8 Å². The molecule has 1 aromatic carbocycles. The number of nitrogens with one attached hydrogen (secondary N) is 1. The summed E-state index contributed by atoms with van der Waals surface area (Å²) in [4.78, 5) is 1.46. The molecule has 1 N–H and O–H groups in total. The molecule has 0 saturated heterocycles. The molecule has 0 amide bonds. The van der Waals surface area contributed by atoms with E-state index in [1.165, 1.54) is 49.0 Å². The van der Waals surface area contributed by atoms with Crippen molar-refractivity contribution in [2.45, 2.75) is 55.6 Å². The maximum Gasteiger partial charge on any atom is 0.00944 e. The largest absolute Gasteiger partial charge is 0.319 e. The van der Waals surface area contributed by atoms with Crippen molar-refractivity contribution in [2.24, 2.45) is 5.92 Å². The Morgan fingerprint density at radius 3 is 2.47 bits per heavy atom. The molecule has 19 heavy (non-hydrogen) atoms. The minimum atomic E-state index is 0.710. The van der Waals surface area contributed by atoms with E-state index in [1.54, 1.807) is 0 Å². The molecule has 0 bridgehead atoms. The normalized spacial score (nSPS) is 18.4. The zero-order chi connectivity index (χ0) is 13.5. The quantitative estimate of drug-likeness (QED) is 0.821. The molecule has 1 aliphatic rings. The van der Waals surface area contributed by atoms with Crippen molar-refractivity contribution in [2.75, 3.05) is 13.6 Å². The Kier molecular flexibility index (Phi) is 6.25. The van der Waals surface area contributed by atoms with Crippen LogP contribution < -0.4 is 5.32 Å². The lowest BCUT2D eigenvalue weighted by Gasteiger charge is -2.21. The highest BCUT2D eigenvalue weighted by molar-refractivity contribution is 8.00. The predicted octanol–water partition coefficient (Wildman–Crippen LogP) is 4.51. The highest BCUT2D eigenvalue weighted by atomic mass is 32.2. The molecule has 2 heteroatoms. The minimum Gasteiger partial charge on any atom is -0.319 e. The van der Waals surface area contributed by atoms with Crippen molar-refractivity contribution in [3.8, 4) is 0 Å². The van der Waals surface area contributed by atoms with Gasteiger partial charge >= 0.3 is 0 Å². The van der Waals surface area contributed by atoms with Gasteiger partial charge in [0.2, 0.25) is 0 Å². The summed E-state index contributed by atoms with van der Waals surface area (Å²) in [5.41, 5.74) is 1.47. The Morgan fingerprint density at radius 1 is 1.16 bits per heavy atom. The molecule has 1 aromatic rings. The van der Waals surface area contributed by atoms with Crippen molar-refractivity contribution in [3.05, 3.63) is 29.8 Å². The van der Waals surface area contributed by atoms with E-state index in [2.05, 4.69) is 48.3 Å². The Bertz CT molecular complexity index is 354. The van der Waals surface area contributed by atoms with Crippen molar-refractivity contribution >= 4 is 11.8 Å². The Balaban J connectivity index is 1.83. The molecule has 1 nitrogen and oxygen atoms in total. The first-order valence-electron chi connectivity index (χ1n) is 7.68. The fraction of sp³-hybridized carbons (Fsp3) is 0.647. The van der Waals surface area contributed by atoms with Gasteiger partial charge in [0.15, 0.2) is 0 Å². The zero-order valence-corrected chi connectivity index (χ0v) is 13.1. The van der Waals surface area contributed by atoms with Crippen LogP contribution in [-0.4, -0.2) is 18.8 Å². The molecule has 0 aromatic heterocycles. The second-order valence-electron chi connectivity index (χ2n) is 5.89. The van der Waals surface area contributed by atoms with Crippen LogP contribution in [0.15, 0.2) is 29.2 Å². The summed E-state index contributed by atoms with van der Waals surface area (Å²) in [6.07, 6.45) is 8.29. The Labute approximate surface area is 122 Å². The summed E-state index contributed by atoms with van der Waals surface area (Å²) < 4.78 is 0. The van der Waals surface area contributed by atoms with Crippen LogP contribution in [0, 0.1) is 5.92 Å². The van der Waals surface area contributed by atoms with Gasteiger partial charge in [0.05, 0.1) is 0 Å². The number of hydrogen-bond donors (Lipinski definition) is 1. The van der Waals surface area contributed by atoms with E-state index in [-0.39, 0.29) is 0 Å². The van der Waals surface area contributed by atoms with Gasteiger partial charge in [-0.25, -0.2) is 0 Å². The molecule has 1 atom stereocenters. The summed E-state index contributed by atoms with van der Waals surface area (Å²) in [6, 6.07) is 9.27. The van der Waals surface area contributed by atoms with Crippen LogP contribution in [0.25, 0.3) is 0 Å².